The van der Waals surface area contributed by atoms with Crippen molar-refractivity contribution in [2.75, 3.05) is 19.6 Å². The Labute approximate surface area is 102 Å². The zero-order valence-electron chi connectivity index (χ0n) is 11.4. The second kappa shape index (κ2) is 7.29. The van der Waals surface area contributed by atoms with E-state index >= 15 is 0 Å². The molecule has 0 aromatic carbocycles. The smallest absolute Gasteiger partial charge is 0.0243 e. The fourth-order valence-electron chi connectivity index (χ4n) is 3.01. The maximum Gasteiger partial charge on any atom is 0.0243 e. The number of rotatable bonds is 5. The lowest BCUT2D eigenvalue weighted by Crippen LogP contribution is -2.45. The quantitative estimate of drug-likeness (QED) is 0.781. The van der Waals surface area contributed by atoms with E-state index in [1.165, 1.54) is 45.2 Å². The maximum absolute atomic E-state index is 5.98. The van der Waals surface area contributed by atoms with Crippen molar-refractivity contribution in [3.05, 3.63) is 0 Å². The first kappa shape index (κ1) is 14.0. The molecule has 0 radical (unpaired) electrons. The molecule has 3 unspecified atom stereocenters. The van der Waals surface area contributed by atoms with Crippen molar-refractivity contribution in [1.82, 2.24) is 4.90 Å². The molecule has 0 amide bonds. The van der Waals surface area contributed by atoms with Crippen LogP contribution < -0.4 is 5.73 Å². The predicted octanol–water partition coefficient (Wildman–Crippen LogP) is 2.87. The Kier molecular flexibility index (Phi) is 6.37. The van der Waals surface area contributed by atoms with Crippen molar-refractivity contribution in [3.8, 4) is 0 Å². The highest BCUT2D eigenvalue weighted by molar-refractivity contribution is 4.80. The lowest BCUT2D eigenvalue weighted by atomic mass is 9.95. The van der Waals surface area contributed by atoms with Crippen molar-refractivity contribution in [1.29, 1.82) is 0 Å². The van der Waals surface area contributed by atoms with Gasteiger partial charge in [-0.15, -0.1) is 0 Å². The summed E-state index contributed by atoms with van der Waals surface area (Å²) in [7, 11) is 0. The fraction of sp³-hybridized carbons (Fsp3) is 1.00. The zero-order valence-corrected chi connectivity index (χ0v) is 11.4. The van der Waals surface area contributed by atoms with Gasteiger partial charge in [0.05, 0.1) is 0 Å². The summed E-state index contributed by atoms with van der Waals surface area (Å²) in [6.45, 7) is 10.4. The van der Waals surface area contributed by atoms with Gasteiger partial charge in [0, 0.05) is 12.6 Å². The molecule has 0 aromatic heterocycles. The molecule has 0 bridgehead atoms. The summed E-state index contributed by atoms with van der Waals surface area (Å²) in [5.74, 6) is 1.66. The van der Waals surface area contributed by atoms with Gasteiger partial charge in [0.25, 0.3) is 0 Å². The van der Waals surface area contributed by atoms with E-state index in [1.807, 2.05) is 0 Å². The highest BCUT2D eigenvalue weighted by atomic mass is 15.2. The Morgan fingerprint density at radius 2 is 2.06 bits per heavy atom. The van der Waals surface area contributed by atoms with Crippen molar-refractivity contribution in [2.24, 2.45) is 17.6 Å². The Hall–Kier alpha value is -0.0800. The highest BCUT2D eigenvalue weighted by Gasteiger charge is 2.24. The average Bonchev–Trinajstić information content (AvgIpc) is 2.46. The first-order valence-corrected chi connectivity index (χ1v) is 7.13. The molecular weight excluding hydrogens is 196 g/mol. The SMILES string of the molecule is CCCC(C)C(CN)N1CCCC(C)CC1. The maximum atomic E-state index is 5.98. The summed E-state index contributed by atoms with van der Waals surface area (Å²) in [6.07, 6.45) is 6.71. The van der Waals surface area contributed by atoms with Gasteiger partial charge in [-0.3, -0.25) is 4.90 Å². The monoisotopic (exact) mass is 226 g/mol. The number of nitrogens with two attached hydrogens (primary N) is 1. The van der Waals surface area contributed by atoms with Crippen LogP contribution in [0.2, 0.25) is 0 Å². The van der Waals surface area contributed by atoms with Crippen LogP contribution in [-0.4, -0.2) is 30.6 Å². The van der Waals surface area contributed by atoms with Crippen LogP contribution in [0, 0.1) is 11.8 Å². The van der Waals surface area contributed by atoms with Gasteiger partial charge >= 0.3 is 0 Å². The van der Waals surface area contributed by atoms with Gasteiger partial charge in [-0.1, -0.05) is 27.2 Å². The molecule has 2 heteroatoms. The van der Waals surface area contributed by atoms with Crippen molar-refractivity contribution in [3.63, 3.8) is 0 Å². The van der Waals surface area contributed by atoms with Crippen molar-refractivity contribution < 1.29 is 0 Å². The van der Waals surface area contributed by atoms with Crippen LogP contribution in [0.1, 0.15) is 52.9 Å². The number of hydrogen-bond acceptors (Lipinski definition) is 2. The molecule has 2 N–H and O–H groups in total. The minimum atomic E-state index is 0.616. The van der Waals surface area contributed by atoms with Crippen LogP contribution in [0.15, 0.2) is 0 Å². The van der Waals surface area contributed by atoms with Gasteiger partial charge in [-0.25, -0.2) is 0 Å². The summed E-state index contributed by atoms with van der Waals surface area (Å²) in [4.78, 5) is 2.66. The molecule has 3 atom stereocenters. The van der Waals surface area contributed by atoms with Gasteiger partial charge in [0.2, 0.25) is 0 Å². The van der Waals surface area contributed by atoms with Gasteiger partial charge in [0.15, 0.2) is 0 Å². The molecule has 96 valence electrons. The molecule has 0 aromatic rings. The molecule has 0 saturated carbocycles. The van der Waals surface area contributed by atoms with E-state index in [2.05, 4.69) is 25.7 Å². The van der Waals surface area contributed by atoms with Gasteiger partial charge in [-0.05, 0) is 50.6 Å². The first-order valence-electron chi connectivity index (χ1n) is 7.13. The van der Waals surface area contributed by atoms with E-state index in [-0.39, 0.29) is 0 Å². The molecule has 1 fully saturated rings. The van der Waals surface area contributed by atoms with Crippen LogP contribution in [0.5, 0.6) is 0 Å². The largest absolute Gasteiger partial charge is 0.329 e. The third-order valence-electron chi connectivity index (χ3n) is 4.16. The molecule has 1 rings (SSSR count). The van der Waals surface area contributed by atoms with Crippen LogP contribution in [0.4, 0.5) is 0 Å². The Morgan fingerprint density at radius 3 is 2.69 bits per heavy atom. The Bertz CT molecular complexity index is 182. The highest BCUT2D eigenvalue weighted by Crippen LogP contribution is 2.22. The topological polar surface area (TPSA) is 29.3 Å². The summed E-state index contributed by atoms with van der Waals surface area (Å²) < 4.78 is 0. The predicted molar refractivity (Wildman–Crippen MR) is 71.5 cm³/mol. The van der Waals surface area contributed by atoms with Crippen molar-refractivity contribution >= 4 is 0 Å². The number of hydrogen-bond donors (Lipinski definition) is 1. The second-order valence-electron chi connectivity index (χ2n) is 5.64. The van der Waals surface area contributed by atoms with Crippen LogP contribution in [0.3, 0.4) is 0 Å². The molecule has 16 heavy (non-hydrogen) atoms. The van der Waals surface area contributed by atoms with E-state index < -0.39 is 0 Å². The van der Waals surface area contributed by atoms with Gasteiger partial charge < -0.3 is 5.73 Å². The molecule has 1 aliphatic heterocycles. The van der Waals surface area contributed by atoms with Gasteiger partial charge in [0.1, 0.15) is 0 Å². The lowest BCUT2D eigenvalue weighted by Gasteiger charge is -2.34. The number of likely N-dealkylation sites (tertiary alicyclic amines) is 1. The Balaban J connectivity index is 2.50. The molecule has 2 nitrogen and oxygen atoms in total. The average molecular weight is 226 g/mol. The molecule has 1 saturated heterocycles. The summed E-state index contributed by atoms with van der Waals surface area (Å²) in [5.41, 5.74) is 5.98. The fourth-order valence-corrected chi connectivity index (χ4v) is 3.01. The molecule has 1 heterocycles. The second-order valence-corrected chi connectivity index (χ2v) is 5.64. The van der Waals surface area contributed by atoms with Gasteiger partial charge in [-0.2, -0.15) is 0 Å². The van der Waals surface area contributed by atoms with E-state index in [0.717, 1.165) is 18.4 Å². The van der Waals surface area contributed by atoms with E-state index in [0.29, 0.717) is 6.04 Å². The summed E-state index contributed by atoms with van der Waals surface area (Å²) in [5, 5.41) is 0. The lowest BCUT2D eigenvalue weighted by molar-refractivity contribution is 0.151. The van der Waals surface area contributed by atoms with Crippen LogP contribution in [-0.2, 0) is 0 Å². The molecule has 1 aliphatic rings. The minimum Gasteiger partial charge on any atom is -0.329 e. The Morgan fingerprint density at radius 1 is 1.31 bits per heavy atom. The van der Waals surface area contributed by atoms with Crippen molar-refractivity contribution in [2.45, 2.75) is 58.9 Å². The van der Waals surface area contributed by atoms with Crippen LogP contribution >= 0.6 is 0 Å². The molecule has 0 aliphatic carbocycles. The van der Waals surface area contributed by atoms with E-state index in [1.54, 1.807) is 0 Å². The summed E-state index contributed by atoms with van der Waals surface area (Å²) in [6, 6.07) is 0.616. The van der Waals surface area contributed by atoms with E-state index in [9.17, 15) is 0 Å². The summed E-state index contributed by atoms with van der Waals surface area (Å²) >= 11 is 0. The first-order chi connectivity index (χ1) is 7.69. The number of nitrogens with zero attached hydrogens (tertiary/aromatic N) is 1. The zero-order chi connectivity index (χ0) is 12.0. The third-order valence-corrected chi connectivity index (χ3v) is 4.16. The standard InChI is InChI=1S/C14H30N2/c1-4-6-13(3)14(11-15)16-9-5-7-12(2)8-10-16/h12-14H,4-11,15H2,1-3H3. The van der Waals surface area contributed by atoms with Crippen LogP contribution in [0.25, 0.3) is 0 Å². The molecule has 0 spiro atoms. The normalized spacial score (nSPS) is 27.4. The van der Waals surface area contributed by atoms with E-state index in [4.69, 9.17) is 5.73 Å². The molecular formula is C14H30N2. The minimum absolute atomic E-state index is 0.616. The third kappa shape index (κ3) is 4.06.